The molecule has 1 N–H and O–H groups in total. The predicted octanol–water partition coefficient (Wildman–Crippen LogP) is 4.82. The topological polar surface area (TPSA) is 58.6 Å². The highest BCUT2D eigenvalue weighted by Crippen LogP contribution is 2.36. The molecule has 0 aliphatic carbocycles. The quantitative estimate of drug-likeness (QED) is 0.574. The summed E-state index contributed by atoms with van der Waals surface area (Å²) < 4.78 is 32.4. The summed E-state index contributed by atoms with van der Waals surface area (Å²) in [7, 11) is 0. The van der Waals surface area contributed by atoms with Crippen molar-refractivity contribution < 1.29 is 23.1 Å². The van der Waals surface area contributed by atoms with Gasteiger partial charge >= 0.3 is 0 Å². The zero-order valence-corrected chi connectivity index (χ0v) is 16.6. The molecule has 0 atom stereocenters. The van der Waals surface area contributed by atoms with Crippen molar-refractivity contribution in [3.8, 4) is 5.75 Å². The minimum absolute atomic E-state index is 0.00438. The van der Waals surface area contributed by atoms with Gasteiger partial charge in [0.2, 0.25) is 0 Å². The van der Waals surface area contributed by atoms with Crippen molar-refractivity contribution in [1.82, 2.24) is 0 Å². The third-order valence-corrected chi connectivity index (χ3v) is 5.31. The molecule has 2 amide bonds. The van der Waals surface area contributed by atoms with Crippen LogP contribution < -0.4 is 15.0 Å². The maximum absolute atomic E-state index is 13.7. The highest BCUT2D eigenvalue weighted by atomic mass is 32.1. The van der Waals surface area contributed by atoms with Crippen LogP contribution >= 0.6 is 11.3 Å². The van der Waals surface area contributed by atoms with Crippen LogP contribution in [-0.2, 0) is 9.59 Å². The van der Waals surface area contributed by atoms with Gasteiger partial charge in [-0.3, -0.25) is 9.59 Å². The summed E-state index contributed by atoms with van der Waals surface area (Å²) >= 11 is 1.30. The van der Waals surface area contributed by atoms with E-state index in [9.17, 15) is 18.4 Å². The van der Waals surface area contributed by atoms with E-state index in [0.29, 0.717) is 22.9 Å². The van der Waals surface area contributed by atoms with Crippen molar-refractivity contribution in [3.63, 3.8) is 0 Å². The van der Waals surface area contributed by atoms with Crippen LogP contribution in [0.5, 0.6) is 5.75 Å². The first-order valence-electron chi connectivity index (χ1n) is 9.11. The summed E-state index contributed by atoms with van der Waals surface area (Å²) in [4.78, 5) is 28.1. The smallest absolute Gasteiger partial charge is 0.282 e. The van der Waals surface area contributed by atoms with Gasteiger partial charge in [0.1, 0.15) is 11.4 Å². The Bertz CT molecular complexity index is 1160. The van der Waals surface area contributed by atoms with Gasteiger partial charge in [0.05, 0.1) is 17.9 Å². The van der Waals surface area contributed by atoms with Gasteiger partial charge in [-0.05, 0) is 42.6 Å². The number of ether oxygens (including phenoxy) is 1. The Balaban J connectivity index is 1.77. The normalized spacial score (nSPS) is 13.9. The molecule has 8 heteroatoms. The molecule has 1 aliphatic rings. The minimum Gasteiger partial charge on any atom is -0.494 e. The lowest BCUT2D eigenvalue weighted by atomic mass is 10.2. The van der Waals surface area contributed by atoms with Crippen molar-refractivity contribution in [1.29, 1.82) is 0 Å². The van der Waals surface area contributed by atoms with Crippen LogP contribution in [0.15, 0.2) is 65.7 Å². The van der Waals surface area contributed by atoms with Gasteiger partial charge in [0.25, 0.3) is 11.8 Å². The molecule has 152 valence electrons. The molecule has 0 bridgehead atoms. The lowest BCUT2D eigenvalue weighted by Crippen LogP contribution is -2.32. The van der Waals surface area contributed by atoms with Crippen LogP contribution in [0.2, 0.25) is 0 Å². The fourth-order valence-electron chi connectivity index (χ4n) is 3.13. The molecule has 3 aromatic rings. The molecular weight excluding hydrogens is 410 g/mol. The van der Waals surface area contributed by atoms with Gasteiger partial charge < -0.3 is 10.1 Å². The summed E-state index contributed by atoms with van der Waals surface area (Å²) in [5, 5.41) is 4.59. The van der Waals surface area contributed by atoms with E-state index in [1.54, 1.807) is 41.8 Å². The first-order chi connectivity index (χ1) is 14.5. The zero-order chi connectivity index (χ0) is 21.3. The Labute approximate surface area is 175 Å². The first kappa shape index (κ1) is 19.8. The molecule has 30 heavy (non-hydrogen) atoms. The van der Waals surface area contributed by atoms with Crippen molar-refractivity contribution in [2.75, 3.05) is 16.8 Å². The van der Waals surface area contributed by atoms with Gasteiger partial charge in [-0.1, -0.05) is 12.1 Å². The summed E-state index contributed by atoms with van der Waals surface area (Å²) in [5.74, 6) is -2.65. The molecule has 0 radical (unpaired) electrons. The van der Waals surface area contributed by atoms with Gasteiger partial charge in [-0.2, -0.15) is 0 Å². The molecule has 1 aliphatic heterocycles. The third-order valence-electron chi connectivity index (χ3n) is 4.43. The highest BCUT2D eigenvalue weighted by molar-refractivity contribution is 7.11. The molecule has 0 saturated heterocycles. The van der Waals surface area contributed by atoms with Crippen LogP contribution in [0.4, 0.5) is 20.2 Å². The molecule has 0 spiro atoms. The van der Waals surface area contributed by atoms with Crippen molar-refractivity contribution in [3.05, 3.63) is 82.2 Å². The fraction of sp³-hybridized carbons (Fsp3) is 0.0909. The Morgan fingerprint density at radius 1 is 1.00 bits per heavy atom. The number of carbonyl (C=O) groups excluding carboxylic acids is 2. The highest BCUT2D eigenvalue weighted by Gasteiger charge is 2.40. The Morgan fingerprint density at radius 3 is 2.53 bits per heavy atom. The maximum Gasteiger partial charge on any atom is 0.282 e. The Kier molecular flexibility index (Phi) is 5.33. The second kappa shape index (κ2) is 8.08. The summed E-state index contributed by atoms with van der Waals surface area (Å²) in [5.41, 5.74) is 0.674. The predicted molar refractivity (Wildman–Crippen MR) is 111 cm³/mol. The number of carbonyl (C=O) groups is 2. The van der Waals surface area contributed by atoms with Gasteiger partial charge in [-0.15, -0.1) is 11.3 Å². The summed E-state index contributed by atoms with van der Waals surface area (Å²) in [6.45, 7) is 2.27. The number of imide groups is 1. The molecular formula is C22H16F2N2O3S. The second-order valence-electron chi connectivity index (χ2n) is 6.36. The fourth-order valence-corrected chi connectivity index (χ4v) is 3.89. The number of amides is 2. The molecule has 1 aromatic heterocycles. The minimum atomic E-state index is -1.06. The van der Waals surface area contributed by atoms with Crippen LogP contribution in [0, 0.1) is 11.6 Å². The van der Waals surface area contributed by atoms with E-state index in [4.69, 9.17) is 4.74 Å². The number of nitrogens with one attached hydrogen (secondary N) is 1. The van der Waals surface area contributed by atoms with E-state index < -0.39 is 23.4 Å². The lowest BCUT2D eigenvalue weighted by molar-refractivity contribution is -0.120. The average Bonchev–Trinajstić information content (AvgIpc) is 3.32. The van der Waals surface area contributed by atoms with Gasteiger partial charge in [0, 0.05) is 22.7 Å². The van der Waals surface area contributed by atoms with Gasteiger partial charge in [-0.25, -0.2) is 13.7 Å². The summed E-state index contributed by atoms with van der Waals surface area (Å²) in [6, 6.07) is 13.3. The third kappa shape index (κ3) is 3.57. The number of rotatable bonds is 6. The van der Waals surface area contributed by atoms with Crippen LogP contribution in [0.3, 0.4) is 0 Å². The molecule has 0 fully saturated rings. The lowest BCUT2D eigenvalue weighted by Gasteiger charge is -2.16. The molecule has 2 heterocycles. The number of hydrogen-bond acceptors (Lipinski definition) is 5. The van der Waals surface area contributed by atoms with Crippen molar-refractivity contribution in [2.24, 2.45) is 0 Å². The second-order valence-corrected chi connectivity index (χ2v) is 7.30. The van der Waals surface area contributed by atoms with Crippen LogP contribution in [0.25, 0.3) is 5.57 Å². The van der Waals surface area contributed by atoms with Crippen molar-refractivity contribution in [2.45, 2.75) is 6.92 Å². The summed E-state index contributed by atoms with van der Waals surface area (Å²) in [6.07, 6.45) is 0. The number of hydrogen-bond donors (Lipinski definition) is 1. The average molecular weight is 426 g/mol. The van der Waals surface area contributed by atoms with E-state index >= 15 is 0 Å². The number of halogens is 2. The van der Waals surface area contributed by atoms with Crippen LogP contribution in [-0.4, -0.2) is 18.4 Å². The van der Waals surface area contributed by atoms with Gasteiger partial charge in [0.15, 0.2) is 11.6 Å². The molecule has 5 nitrogen and oxygen atoms in total. The molecule has 0 unspecified atom stereocenters. The van der Waals surface area contributed by atoms with E-state index in [1.807, 2.05) is 6.92 Å². The number of thiophene rings is 1. The van der Waals surface area contributed by atoms with Crippen molar-refractivity contribution >= 4 is 40.1 Å². The van der Waals surface area contributed by atoms with Crippen LogP contribution in [0.1, 0.15) is 11.8 Å². The van der Waals surface area contributed by atoms with E-state index in [-0.39, 0.29) is 17.0 Å². The largest absolute Gasteiger partial charge is 0.494 e. The molecule has 2 aromatic carbocycles. The zero-order valence-electron chi connectivity index (χ0n) is 15.8. The standard InChI is InChI=1S/C22H16F2N2O3S/c1-2-29-15-6-3-5-14(12-15)26-21(27)19(18-7-4-10-30-18)20(22(26)28)25-13-8-9-16(23)17(24)11-13/h3-12,25H,2H2,1H3. The number of nitrogens with zero attached hydrogens (tertiary/aromatic N) is 1. The molecule has 4 rings (SSSR count). The van der Waals surface area contributed by atoms with E-state index in [2.05, 4.69) is 5.32 Å². The monoisotopic (exact) mass is 426 g/mol. The van der Waals surface area contributed by atoms with E-state index in [0.717, 1.165) is 17.0 Å². The first-order valence-corrected chi connectivity index (χ1v) is 9.99. The van der Waals surface area contributed by atoms with E-state index in [1.165, 1.54) is 17.4 Å². The molecule has 0 saturated carbocycles. The number of anilines is 2. The Morgan fingerprint density at radius 2 is 1.83 bits per heavy atom. The SMILES string of the molecule is CCOc1cccc(N2C(=O)C(Nc3ccc(F)c(F)c3)=C(c3cccs3)C2=O)c1. The maximum atomic E-state index is 13.7. The Hall–Kier alpha value is -3.52. The number of benzene rings is 2.